The van der Waals surface area contributed by atoms with Crippen LogP contribution in [0.15, 0.2) is 0 Å². The number of nitrogens with zero attached hydrogens (tertiary/aromatic N) is 1. The molecule has 1 aromatic heterocycles. The SMILES string of the molecule is CSC(CO)C(C)NC(=O)c1sc(NC(C)(C)C)nc1N. The summed E-state index contributed by atoms with van der Waals surface area (Å²) in [7, 11) is 0. The molecule has 0 aliphatic heterocycles. The summed E-state index contributed by atoms with van der Waals surface area (Å²) in [5.74, 6) is -0.0342. The number of rotatable bonds is 6. The predicted octanol–water partition coefficient (Wildman–Crippen LogP) is 1.78. The summed E-state index contributed by atoms with van der Waals surface area (Å²) >= 11 is 2.75. The Bertz CT molecular complexity index is 481. The van der Waals surface area contributed by atoms with Gasteiger partial charge in [-0.2, -0.15) is 11.8 Å². The van der Waals surface area contributed by atoms with E-state index >= 15 is 0 Å². The summed E-state index contributed by atoms with van der Waals surface area (Å²) < 4.78 is 0. The van der Waals surface area contributed by atoms with Gasteiger partial charge in [-0.15, -0.1) is 0 Å². The summed E-state index contributed by atoms with van der Waals surface area (Å²) in [6, 6.07) is -0.155. The minimum atomic E-state index is -0.257. The molecule has 0 saturated heterocycles. The van der Waals surface area contributed by atoms with E-state index in [4.69, 9.17) is 5.73 Å². The number of carbonyl (C=O) groups is 1. The molecule has 0 aliphatic rings. The second-order valence-electron chi connectivity index (χ2n) is 5.83. The molecule has 0 aromatic carbocycles. The maximum atomic E-state index is 12.3. The Balaban J connectivity index is 2.79. The minimum Gasteiger partial charge on any atom is -0.395 e. The summed E-state index contributed by atoms with van der Waals surface area (Å²) in [5.41, 5.74) is 5.68. The maximum absolute atomic E-state index is 12.3. The van der Waals surface area contributed by atoms with Crippen molar-refractivity contribution >= 4 is 40.0 Å². The zero-order chi connectivity index (χ0) is 16.2. The van der Waals surface area contributed by atoms with Crippen LogP contribution < -0.4 is 16.4 Å². The zero-order valence-corrected chi connectivity index (χ0v) is 14.7. The third-order valence-corrected chi connectivity index (χ3v) is 4.89. The van der Waals surface area contributed by atoms with Crippen LogP contribution >= 0.6 is 23.1 Å². The van der Waals surface area contributed by atoms with Crippen molar-refractivity contribution in [2.75, 3.05) is 23.9 Å². The number of carbonyl (C=O) groups excluding carboxylic acids is 1. The van der Waals surface area contributed by atoms with Crippen molar-refractivity contribution < 1.29 is 9.90 Å². The Hall–Kier alpha value is -0.990. The monoisotopic (exact) mass is 332 g/mol. The lowest BCUT2D eigenvalue weighted by molar-refractivity contribution is 0.0940. The van der Waals surface area contributed by atoms with Crippen LogP contribution in [0.3, 0.4) is 0 Å². The average molecular weight is 332 g/mol. The largest absolute Gasteiger partial charge is 0.395 e. The van der Waals surface area contributed by atoms with Gasteiger partial charge in [0.1, 0.15) is 10.7 Å². The highest BCUT2D eigenvalue weighted by atomic mass is 32.2. The van der Waals surface area contributed by atoms with Gasteiger partial charge in [0.2, 0.25) is 0 Å². The average Bonchev–Trinajstić information content (AvgIpc) is 2.69. The molecule has 1 aromatic rings. The van der Waals surface area contributed by atoms with E-state index in [-0.39, 0.29) is 35.2 Å². The summed E-state index contributed by atoms with van der Waals surface area (Å²) in [6.45, 7) is 7.91. The maximum Gasteiger partial charge on any atom is 0.265 e. The third kappa shape index (κ3) is 5.37. The van der Waals surface area contributed by atoms with Crippen LogP contribution in [-0.4, -0.2) is 45.7 Å². The fourth-order valence-electron chi connectivity index (χ4n) is 1.67. The van der Waals surface area contributed by atoms with Crippen LogP contribution in [0.5, 0.6) is 0 Å². The second kappa shape index (κ2) is 7.33. The molecule has 1 rings (SSSR count). The Morgan fingerprint density at radius 1 is 1.52 bits per heavy atom. The number of anilines is 2. The van der Waals surface area contributed by atoms with E-state index in [0.29, 0.717) is 10.0 Å². The van der Waals surface area contributed by atoms with E-state index in [1.807, 2.05) is 34.0 Å². The van der Waals surface area contributed by atoms with Gasteiger partial charge in [-0.05, 0) is 34.0 Å². The highest BCUT2D eigenvalue weighted by Crippen LogP contribution is 2.27. The van der Waals surface area contributed by atoms with Crippen molar-refractivity contribution in [3.63, 3.8) is 0 Å². The topological polar surface area (TPSA) is 100 Å². The Morgan fingerprint density at radius 3 is 2.62 bits per heavy atom. The van der Waals surface area contributed by atoms with E-state index in [0.717, 1.165) is 0 Å². The Kier molecular flexibility index (Phi) is 6.30. The molecular formula is C13H24N4O2S2. The standard InChI is InChI=1S/C13H24N4O2S2/c1-7(8(6-18)20-5)15-11(19)9-10(14)16-12(21-9)17-13(2,3)4/h7-8,18H,6,14H2,1-5H3,(H,15,19)(H,16,17). The van der Waals surface area contributed by atoms with Crippen LogP contribution in [0, 0.1) is 0 Å². The van der Waals surface area contributed by atoms with Crippen molar-refractivity contribution in [3.8, 4) is 0 Å². The Labute approximate surface area is 133 Å². The smallest absolute Gasteiger partial charge is 0.265 e. The van der Waals surface area contributed by atoms with Crippen molar-refractivity contribution in [2.24, 2.45) is 0 Å². The van der Waals surface area contributed by atoms with Crippen LogP contribution in [-0.2, 0) is 0 Å². The first kappa shape index (κ1) is 18.1. The van der Waals surface area contributed by atoms with Gasteiger partial charge in [-0.25, -0.2) is 4.98 Å². The van der Waals surface area contributed by atoms with Crippen LogP contribution in [0.25, 0.3) is 0 Å². The summed E-state index contributed by atoms with van der Waals surface area (Å²) in [6.07, 6.45) is 1.90. The summed E-state index contributed by atoms with van der Waals surface area (Å²) in [5, 5.41) is 15.9. The number of nitrogen functional groups attached to an aromatic ring is 1. The second-order valence-corrected chi connectivity index (χ2v) is 7.90. The van der Waals surface area contributed by atoms with Gasteiger partial charge in [0.15, 0.2) is 5.13 Å². The number of nitrogens with two attached hydrogens (primary N) is 1. The molecule has 0 fully saturated rings. The van der Waals surface area contributed by atoms with Crippen LogP contribution in [0.4, 0.5) is 10.9 Å². The molecule has 5 N–H and O–H groups in total. The molecule has 6 nitrogen and oxygen atoms in total. The number of hydrogen-bond acceptors (Lipinski definition) is 7. The predicted molar refractivity (Wildman–Crippen MR) is 91.2 cm³/mol. The third-order valence-electron chi connectivity index (χ3n) is 2.74. The molecule has 0 aliphatic carbocycles. The van der Waals surface area contributed by atoms with E-state index in [1.54, 1.807) is 0 Å². The highest BCUT2D eigenvalue weighted by molar-refractivity contribution is 7.99. The fourth-order valence-corrected chi connectivity index (χ4v) is 3.29. The van der Waals surface area contributed by atoms with E-state index < -0.39 is 0 Å². The number of thioether (sulfide) groups is 1. The van der Waals surface area contributed by atoms with Gasteiger partial charge in [-0.3, -0.25) is 4.79 Å². The lowest BCUT2D eigenvalue weighted by Gasteiger charge is -2.21. The molecular weight excluding hydrogens is 308 g/mol. The normalized spacial score (nSPS) is 14.6. The van der Waals surface area contributed by atoms with E-state index in [9.17, 15) is 9.90 Å². The molecule has 1 amide bonds. The van der Waals surface area contributed by atoms with E-state index in [1.165, 1.54) is 23.1 Å². The molecule has 120 valence electrons. The molecule has 0 radical (unpaired) electrons. The quantitative estimate of drug-likeness (QED) is 0.633. The van der Waals surface area contributed by atoms with Crippen molar-refractivity contribution in [2.45, 2.75) is 44.5 Å². The molecule has 8 heteroatoms. The molecule has 0 spiro atoms. The van der Waals surface area contributed by atoms with Gasteiger partial charge in [0.25, 0.3) is 5.91 Å². The first-order valence-electron chi connectivity index (χ1n) is 6.67. The van der Waals surface area contributed by atoms with Crippen LogP contribution in [0.2, 0.25) is 0 Å². The lowest BCUT2D eigenvalue weighted by Crippen LogP contribution is -2.41. The lowest BCUT2D eigenvalue weighted by atomic mass is 10.1. The zero-order valence-electron chi connectivity index (χ0n) is 13.1. The molecule has 1 heterocycles. The van der Waals surface area contributed by atoms with Gasteiger partial charge in [0.05, 0.1) is 6.61 Å². The minimum absolute atomic E-state index is 0.0115. The number of hydrogen-bond donors (Lipinski definition) is 4. The van der Waals surface area contributed by atoms with Crippen LogP contribution in [0.1, 0.15) is 37.4 Å². The van der Waals surface area contributed by atoms with Crippen molar-refractivity contribution in [1.29, 1.82) is 0 Å². The van der Waals surface area contributed by atoms with Gasteiger partial charge < -0.3 is 21.5 Å². The molecule has 0 saturated carbocycles. The molecule has 2 atom stereocenters. The fraction of sp³-hybridized carbons (Fsp3) is 0.692. The number of amides is 1. The molecule has 2 unspecified atom stereocenters. The van der Waals surface area contributed by atoms with Gasteiger partial charge in [0, 0.05) is 16.8 Å². The first-order valence-corrected chi connectivity index (χ1v) is 8.77. The number of thiazole rings is 1. The Morgan fingerprint density at radius 2 is 2.14 bits per heavy atom. The van der Waals surface area contributed by atoms with Crippen molar-refractivity contribution in [1.82, 2.24) is 10.3 Å². The van der Waals surface area contributed by atoms with Gasteiger partial charge in [-0.1, -0.05) is 11.3 Å². The van der Waals surface area contributed by atoms with Crippen molar-refractivity contribution in [3.05, 3.63) is 4.88 Å². The van der Waals surface area contributed by atoms with Gasteiger partial charge >= 0.3 is 0 Å². The first-order chi connectivity index (χ1) is 9.67. The van der Waals surface area contributed by atoms with E-state index in [2.05, 4.69) is 15.6 Å². The molecule has 0 bridgehead atoms. The number of nitrogens with one attached hydrogen (secondary N) is 2. The number of aliphatic hydroxyl groups excluding tert-OH is 1. The number of aromatic nitrogens is 1. The number of aliphatic hydroxyl groups is 1. The highest BCUT2D eigenvalue weighted by Gasteiger charge is 2.23. The summed E-state index contributed by atoms with van der Waals surface area (Å²) in [4.78, 5) is 16.8. The molecule has 21 heavy (non-hydrogen) atoms.